The first-order valence-electron chi connectivity index (χ1n) is 7.40. The molecule has 2 aromatic heterocycles. The number of methoxy groups -OCH3 is 3. The van der Waals surface area contributed by atoms with Crippen molar-refractivity contribution in [1.82, 2.24) is 9.97 Å². The summed E-state index contributed by atoms with van der Waals surface area (Å²) < 4.78 is 16.2. The van der Waals surface area contributed by atoms with Crippen molar-refractivity contribution in [3.63, 3.8) is 0 Å². The van der Waals surface area contributed by atoms with Gasteiger partial charge in [-0.15, -0.1) is 11.3 Å². The maximum absolute atomic E-state index is 5.40. The molecule has 0 spiro atoms. The van der Waals surface area contributed by atoms with Gasteiger partial charge in [0.05, 0.1) is 32.0 Å². The van der Waals surface area contributed by atoms with Gasteiger partial charge >= 0.3 is 0 Å². The second kappa shape index (κ2) is 7.31. The van der Waals surface area contributed by atoms with Gasteiger partial charge in [0.1, 0.15) is 0 Å². The molecular formula is C18H18N2O3S. The first-order valence-corrected chi connectivity index (χ1v) is 8.27. The Hall–Kier alpha value is -2.60. The molecule has 0 amide bonds. The second-order valence-electron chi connectivity index (χ2n) is 5.04. The lowest BCUT2D eigenvalue weighted by molar-refractivity contribution is 0.324. The zero-order chi connectivity index (χ0) is 16.9. The van der Waals surface area contributed by atoms with E-state index in [1.807, 2.05) is 35.7 Å². The fourth-order valence-corrected chi connectivity index (χ4v) is 3.23. The Kier molecular flexibility index (Phi) is 4.96. The van der Waals surface area contributed by atoms with Gasteiger partial charge in [-0.05, 0) is 24.3 Å². The molecule has 6 heteroatoms. The Morgan fingerprint density at radius 2 is 1.75 bits per heavy atom. The highest BCUT2D eigenvalue weighted by Gasteiger charge is 2.15. The second-order valence-corrected chi connectivity index (χ2v) is 5.98. The molecule has 0 fully saturated rings. The van der Waals surface area contributed by atoms with Crippen LogP contribution >= 0.6 is 11.3 Å². The summed E-state index contributed by atoms with van der Waals surface area (Å²) >= 11 is 1.61. The summed E-state index contributed by atoms with van der Waals surface area (Å²) in [6, 6.07) is 9.70. The standard InChI is InChI=1S/C18H18N2O3S/c1-21-15-8-12(9-16(22-2)18(15)23-3)14-11-24-17(20-14)10-13-6-4-5-7-19-13/h4-9,11H,10H2,1-3H3. The van der Waals surface area contributed by atoms with Crippen LogP contribution in [-0.4, -0.2) is 31.3 Å². The lowest BCUT2D eigenvalue weighted by Gasteiger charge is -2.13. The normalized spacial score (nSPS) is 10.5. The van der Waals surface area contributed by atoms with Gasteiger partial charge in [0.2, 0.25) is 5.75 Å². The van der Waals surface area contributed by atoms with Gasteiger partial charge in [-0.1, -0.05) is 6.07 Å². The van der Waals surface area contributed by atoms with Crippen molar-refractivity contribution in [2.45, 2.75) is 6.42 Å². The van der Waals surface area contributed by atoms with E-state index in [4.69, 9.17) is 19.2 Å². The van der Waals surface area contributed by atoms with Crippen molar-refractivity contribution in [2.24, 2.45) is 0 Å². The summed E-state index contributed by atoms with van der Waals surface area (Å²) in [4.78, 5) is 9.05. The van der Waals surface area contributed by atoms with Crippen molar-refractivity contribution < 1.29 is 14.2 Å². The van der Waals surface area contributed by atoms with Crippen molar-refractivity contribution in [1.29, 1.82) is 0 Å². The third-order valence-corrected chi connectivity index (χ3v) is 4.42. The van der Waals surface area contributed by atoms with Crippen LogP contribution in [0.5, 0.6) is 17.2 Å². The van der Waals surface area contributed by atoms with Crippen LogP contribution in [0, 0.1) is 0 Å². The largest absolute Gasteiger partial charge is 0.493 e. The highest BCUT2D eigenvalue weighted by molar-refractivity contribution is 7.10. The molecule has 2 heterocycles. The number of hydrogen-bond acceptors (Lipinski definition) is 6. The van der Waals surface area contributed by atoms with Crippen LogP contribution in [0.4, 0.5) is 0 Å². The van der Waals surface area contributed by atoms with Crippen molar-refractivity contribution in [2.75, 3.05) is 21.3 Å². The molecule has 24 heavy (non-hydrogen) atoms. The molecule has 0 radical (unpaired) electrons. The highest BCUT2D eigenvalue weighted by atomic mass is 32.1. The fourth-order valence-electron chi connectivity index (χ4n) is 2.41. The number of nitrogens with zero attached hydrogens (tertiary/aromatic N) is 2. The molecule has 0 aliphatic carbocycles. The maximum atomic E-state index is 5.40. The first kappa shape index (κ1) is 16.3. The summed E-state index contributed by atoms with van der Waals surface area (Å²) in [6.45, 7) is 0. The van der Waals surface area contributed by atoms with Crippen LogP contribution < -0.4 is 14.2 Å². The Morgan fingerprint density at radius 1 is 1.00 bits per heavy atom. The molecule has 0 saturated carbocycles. The Labute approximate surface area is 144 Å². The van der Waals surface area contributed by atoms with Gasteiger partial charge in [0, 0.05) is 29.3 Å². The van der Waals surface area contributed by atoms with E-state index in [1.54, 1.807) is 38.9 Å². The molecule has 1 aromatic carbocycles. The van der Waals surface area contributed by atoms with E-state index in [1.165, 1.54) is 0 Å². The summed E-state index contributed by atoms with van der Waals surface area (Å²) in [5, 5.41) is 3.04. The predicted octanol–water partition coefficient (Wildman–Crippen LogP) is 3.82. The first-order chi connectivity index (χ1) is 11.7. The van der Waals surface area contributed by atoms with E-state index in [9.17, 15) is 0 Å². The number of hydrogen-bond donors (Lipinski definition) is 0. The smallest absolute Gasteiger partial charge is 0.203 e. The zero-order valence-electron chi connectivity index (χ0n) is 13.8. The lowest BCUT2D eigenvalue weighted by Crippen LogP contribution is -1.96. The molecule has 5 nitrogen and oxygen atoms in total. The highest BCUT2D eigenvalue weighted by Crippen LogP contribution is 2.41. The Balaban J connectivity index is 1.92. The van der Waals surface area contributed by atoms with E-state index in [0.717, 1.165) is 28.4 Å². The van der Waals surface area contributed by atoms with Gasteiger partial charge < -0.3 is 14.2 Å². The molecule has 0 unspecified atom stereocenters. The zero-order valence-corrected chi connectivity index (χ0v) is 14.6. The molecule has 0 atom stereocenters. The van der Waals surface area contributed by atoms with Crippen LogP contribution in [0.15, 0.2) is 41.9 Å². The van der Waals surface area contributed by atoms with E-state index >= 15 is 0 Å². The van der Waals surface area contributed by atoms with Gasteiger partial charge in [-0.2, -0.15) is 0 Å². The summed E-state index contributed by atoms with van der Waals surface area (Å²) in [5.41, 5.74) is 2.81. The van der Waals surface area contributed by atoms with Crippen molar-refractivity contribution in [3.8, 4) is 28.5 Å². The fraction of sp³-hybridized carbons (Fsp3) is 0.222. The quantitative estimate of drug-likeness (QED) is 0.681. The minimum atomic E-state index is 0.577. The molecule has 124 valence electrons. The number of pyridine rings is 1. The van der Waals surface area contributed by atoms with Gasteiger partial charge in [-0.25, -0.2) is 4.98 Å². The topological polar surface area (TPSA) is 53.5 Å². The third kappa shape index (κ3) is 3.33. The lowest BCUT2D eigenvalue weighted by atomic mass is 10.1. The average Bonchev–Trinajstić information content (AvgIpc) is 3.09. The molecule has 0 aliphatic heterocycles. The minimum absolute atomic E-state index is 0.577. The molecular weight excluding hydrogens is 324 g/mol. The SMILES string of the molecule is COc1cc(-c2csc(Cc3ccccn3)n2)cc(OC)c1OC. The Bertz CT molecular complexity index is 793. The third-order valence-electron chi connectivity index (χ3n) is 3.57. The van der Waals surface area contributed by atoms with E-state index in [2.05, 4.69) is 4.98 Å². The summed E-state index contributed by atoms with van der Waals surface area (Å²) in [5.74, 6) is 1.81. The van der Waals surface area contributed by atoms with Gasteiger partial charge in [0.25, 0.3) is 0 Å². The molecule has 3 aromatic rings. The number of thiazole rings is 1. The molecule has 3 rings (SSSR count). The average molecular weight is 342 g/mol. The summed E-state index contributed by atoms with van der Waals surface area (Å²) in [6.07, 6.45) is 2.51. The molecule has 0 N–H and O–H groups in total. The van der Waals surface area contributed by atoms with E-state index < -0.39 is 0 Å². The van der Waals surface area contributed by atoms with Crippen LogP contribution in [0.2, 0.25) is 0 Å². The van der Waals surface area contributed by atoms with Crippen molar-refractivity contribution in [3.05, 3.63) is 52.6 Å². The molecule has 0 saturated heterocycles. The van der Waals surface area contributed by atoms with Gasteiger partial charge in [0.15, 0.2) is 11.5 Å². The summed E-state index contributed by atoms with van der Waals surface area (Å²) in [7, 11) is 4.80. The van der Waals surface area contributed by atoms with Crippen LogP contribution in [0.3, 0.4) is 0 Å². The Morgan fingerprint density at radius 3 is 2.33 bits per heavy atom. The molecule has 0 bridgehead atoms. The van der Waals surface area contributed by atoms with Crippen LogP contribution in [-0.2, 0) is 6.42 Å². The van der Waals surface area contributed by atoms with Crippen molar-refractivity contribution >= 4 is 11.3 Å². The number of rotatable bonds is 6. The van der Waals surface area contributed by atoms with E-state index in [-0.39, 0.29) is 0 Å². The van der Waals surface area contributed by atoms with E-state index in [0.29, 0.717) is 17.2 Å². The number of ether oxygens (including phenoxy) is 3. The monoisotopic (exact) mass is 342 g/mol. The van der Waals surface area contributed by atoms with Crippen LogP contribution in [0.25, 0.3) is 11.3 Å². The maximum Gasteiger partial charge on any atom is 0.203 e. The predicted molar refractivity (Wildman–Crippen MR) is 94.2 cm³/mol. The van der Waals surface area contributed by atoms with Crippen LogP contribution in [0.1, 0.15) is 10.7 Å². The van der Waals surface area contributed by atoms with Gasteiger partial charge in [-0.3, -0.25) is 4.98 Å². The minimum Gasteiger partial charge on any atom is -0.493 e. The molecule has 0 aliphatic rings. The number of benzene rings is 1. The number of aromatic nitrogens is 2.